The quantitative estimate of drug-likeness (QED) is 0.836. The highest BCUT2D eigenvalue weighted by molar-refractivity contribution is 5.82. The summed E-state index contributed by atoms with van der Waals surface area (Å²) in [6, 6.07) is 16.0. The molecule has 88 valence electrons. The van der Waals surface area contributed by atoms with Gasteiger partial charge in [-0.15, -0.1) is 0 Å². The van der Waals surface area contributed by atoms with Crippen molar-refractivity contribution in [2.45, 2.75) is 32.4 Å². The zero-order valence-corrected chi connectivity index (χ0v) is 10.3. The van der Waals surface area contributed by atoms with Crippen molar-refractivity contribution in [1.82, 2.24) is 5.32 Å². The largest absolute Gasteiger partial charge is 0.310 e. The second kappa shape index (κ2) is 4.50. The number of hydrogen-bond donors (Lipinski definition) is 1. The van der Waals surface area contributed by atoms with Gasteiger partial charge in [0.2, 0.25) is 0 Å². The Kier molecular flexibility index (Phi) is 2.86. The summed E-state index contributed by atoms with van der Waals surface area (Å²) in [6.07, 6.45) is 2.82. The van der Waals surface area contributed by atoms with Crippen LogP contribution in [-0.2, 0) is 6.54 Å². The summed E-state index contributed by atoms with van der Waals surface area (Å²) in [4.78, 5) is 0. The molecule has 1 heteroatoms. The molecule has 1 aliphatic rings. The Morgan fingerprint density at radius 1 is 1.12 bits per heavy atom. The SMILES string of the molecule is C[C@@H](NCc1ccc2ccccc2c1)C1CC1. The molecule has 1 aliphatic carbocycles. The molecule has 0 aromatic heterocycles. The number of rotatable bonds is 4. The molecule has 3 rings (SSSR count). The fraction of sp³-hybridized carbons (Fsp3) is 0.375. The Balaban J connectivity index is 1.71. The number of benzene rings is 2. The first-order valence-corrected chi connectivity index (χ1v) is 6.54. The molecule has 0 radical (unpaired) electrons. The fourth-order valence-electron chi connectivity index (χ4n) is 2.39. The normalized spacial score (nSPS) is 17.2. The molecule has 0 amide bonds. The predicted molar refractivity (Wildman–Crippen MR) is 73.0 cm³/mol. The molecular formula is C16H19N. The van der Waals surface area contributed by atoms with E-state index in [-0.39, 0.29) is 0 Å². The molecule has 2 aromatic carbocycles. The van der Waals surface area contributed by atoms with Gasteiger partial charge in [-0.1, -0.05) is 36.4 Å². The van der Waals surface area contributed by atoms with E-state index >= 15 is 0 Å². The minimum Gasteiger partial charge on any atom is -0.310 e. The van der Waals surface area contributed by atoms with Crippen molar-refractivity contribution in [3.63, 3.8) is 0 Å². The maximum atomic E-state index is 3.63. The minimum atomic E-state index is 0.668. The lowest BCUT2D eigenvalue weighted by atomic mass is 10.1. The van der Waals surface area contributed by atoms with Gasteiger partial charge < -0.3 is 5.32 Å². The summed E-state index contributed by atoms with van der Waals surface area (Å²) in [5.74, 6) is 0.926. The van der Waals surface area contributed by atoms with Crippen molar-refractivity contribution in [1.29, 1.82) is 0 Å². The van der Waals surface area contributed by atoms with Gasteiger partial charge in [0.25, 0.3) is 0 Å². The van der Waals surface area contributed by atoms with E-state index in [1.165, 1.54) is 29.2 Å². The summed E-state index contributed by atoms with van der Waals surface area (Å²) >= 11 is 0. The zero-order chi connectivity index (χ0) is 11.7. The second-order valence-electron chi connectivity index (χ2n) is 5.19. The average molecular weight is 225 g/mol. The van der Waals surface area contributed by atoms with Crippen LogP contribution in [0.3, 0.4) is 0 Å². The van der Waals surface area contributed by atoms with Gasteiger partial charge in [-0.2, -0.15) is 0 Å². The van der Waals surface area contributed by atoms with E-state index in [9.17, 15) is 0 Å². The van der Waals surface area contributed by atoms with E-state index < -0.39 is 0 Å². The van der Waals surface area contributed by atoms with Crippen LogP contribution in [0.4, 0.5) is 0 Å². The van der Waals surface area contributed by atoms with Crippen LogP contribution in [0, 0.1) is 5.92 Å². The molecule has 0 spiro atoms. The van der Waals surface area contributed by atoms with Gasteiger partial charge in [0.05, 0.1) is 0 Å². The number of nitrogens with one attached hydrogen (secondary N) is 1. The maximum Gasteiger partial charge on any atom is 0.0208 e. The minimum absolute atomic E-state index is 0.668. The summed E-state index contributed by atoms with van der Waals surface area (Å²) in [5, 5.41) is 6.29. The summed E-state index contributed by atoms with van der Waals surface area (Å²) < 4.78 is 0. The molecule has 1 nitrogen and oxygen atoms in total. The van der Waals surface area contributed by atoms with Crippen molar-refractivity contribution in [3.05, 3.63) is 48.0 Å². The summed E-state index contributed by atoms with van der Waals surface area (Å²) in [6.45, 7) is 3.29. The summed E-state index contributed by atoms with van der Waals surface area (Å²) in [7, 11) is 0. The maximum absolute atomic E-state index is 3.63. The molecule has 1 saturated carbocycles. The molecule has 1 fully saturated rings. The van der Waals surface area contributed by atoms with Gasteiger partial charge >= 0.3 is 0 Å². The van der Waals surface area contributed by atoms with E-state index in [1.54, 1.807) is 0 Å². The zero-order valence-electron chi connectivity index (χ0n) is 10.3. The molecule has 0 saturated heterocycles. The Morgan fingerprint density at radius 3 is 2.65 bits per heavy atom. The van der Waals surface area contributed by atoms with Gasteiger partial charge in [0, 0.05) is 12.6 Å². The third kappa shape index (κ3) is 2.50. The molecular weight excluding hydrogens is 206 g/mol. The van der Waals surface area contributed by atoms with Crippen LogP contribution >= 0.6 is 0 Å². The van der Waals surface area contributed by atoms with Gasteiger partial charge in [0.15, 0.2) is 0 Å². The van der Waals surface area contributed by atoms with E-state index in [1.807, 2.05) is 0 Å². The lowest BCUT2D eigenvalue weighted by Crippen LogP contribution is -2.27. The van der Waals surface area contributed by atoms with Crippen molar-refractivity contribution >= 4 is 10.8 Å². The molecule has 0 heterocycles. The molecule has 17 heavy (non-hydrogen) atoms. The molecule has 0 bridgehead atoms. The lowest BCUT2D eigenvalue weighted by Gasteiger charge is -2.12. The molecule has 1 N–H and O–H groups in total. The van der Waals surface area contributed by atoms with Crippen LogP contribution in [0.15, 0.2) is 42.5 Å². The first kappa shape index (κ1) is 10.8. The smallest absolute Gasteiger partial charge is 0.0208 e. The Morgan fingerprint density at radius 2 is 1.88 bits per heavy atom. The van der Waals surface area contributed by atoms with Crippen LogP contribution in [0.5, 0.6) is 0 Å². The molecule has 0 unspecified atom stereocenters. The van der Waals surface area contributed by atoms with Crippen LogP contribution in [0.1, 0.15) is 25.3 Å². The third-order valence-electron chi connectivity index (χ3n) is 3.77. The monoisotopic (exact) mass is 225 g/mol. The van der Waals surface area contributed by atoms with Crippen molar-refractivity contribution in [3.8, 4) is 0 Å². The highest BCUT2D eigenvalue weighted by Crippen LogP contribution is 2.32. The molecule has 1 atom stereocenters. The first-order chi connectivity index (χ1) is 8.33. The standard InChI is InChI=1S/C16H19N/c1-12(14-8-9-14)17-11-13-6-7-15-4-2-3-5-16(15)10-13/h2-7,10,12,14,17H,8-9,11H2,1H3/t12-/m1/s1. The Labute approximate surface area is 103 Å². The molecule has 2 aromatic rings. The van der Waals surface area contributed by atoms with Crippen molar-refractivity contribution in [2.24, 2.45) is 5.92 Å². The van der Waals surface area contributed by atoms with E-state index in [2.05, 4.69) is 54.7 Å². The van der Waals surface area contributed by atoms with E-state index in [0.717, 1.165) is 12.5 Å². The third-order valence-corrected chi connectivity index (χ3v) is 3.77. The van der Waals surface area contributed by atoms with Gasteiger partial charge in [-0.05, 0) is 48.1 Å². The van der Waals surface area contributed by atoms with Gasteiger partial charge in [-0.3, -0.25) is 0 Å². The van der Waals surface area contributed by atoms with Crippen LogP contribution in [-0.4, -0.2) is 6.04 Å². The van der Waals surface area contributed by atoms with Crippen LogP contribution < -0.4 is 5.32 Å². The Bertz CT molecular complexity index is 514. The van der Waals surface area contributed by atoms with Crippen LogP contribution in [0.2, 0.25) is 0 Å². The predicted octanol–water partition coefficient (Wildman–Crippen LogP) is 3.73. The number of hydrogen-bond acceptors (Lipinski definition) is 1. The molecule has 0 aliphatic heterocycles. The number of fused-ring (bicyclic) bond motifs is 1. The van der Waals surface area contributed by atoms with Crippen molar-refractivity contribution < 1.29 is 0 Å². The second-order valence-corrected chi connectivity index (χ2v) is 5.19. The van der Waals surface area contributed by atoms with Gasteiger partial charge in [0.1, 0.15) is 0 Å². The fourth-order valence-corrected chi connectivity index (χ4v) is 2.39. The van der Waals surface area contributed by atoms with Gasteiger partial charge in [-0.25, -0.2) is 0 Å². The van der Waals surface area contributed by atoms with Crippen molar-refractivity contribution in [2.75, 3.05) is 0 Å². The highest BCUT2D eigenvalue weighted by Gasteiger charge is 2.27. The van der Waals surface area contributed by atoms with E-state index in [4.69, 9.17) is 0 Å². The average Bonchev–Trinajstić information content (AvgIpc) is 3.20. The topological polar surface area (TPSA) is 12.0 Å². The van der Waals surface area contributed by atoms with E-state index in [0.29, 0.717) is 6.04 Å². The van der Waals surface area contributed by atoms with Crippen LogP contribution in [0.25, 0.3) is 10.8 Å². The first-order valence-electron chi connectivity index (χ1n) is 6.54. The summed E-state index contributed by atoms with van der Waals surface area (Å²) in [5.41, 5.74) is 1.39. The lowest BCUT2D eigenvalue weighted by molar-refractivity contribution is 0.496. The Hall–Kier alpha value is -1.34. The highest BCUT2D eigenvalue weighted by atomic mass is 14.9.